The van der Waals surface area contributed by atoms with Crippen molar-refractivity contribution < 1.29 is 0 Å². The summed E-state index contributed by atoms with van der Waals surface area (Å²) in [5.41, 5.74) is 15.5. The number of rotatable bonds is 4. The molecular weight excluding hydrogens is 661 g/mol. The van der Waals surface area contributed by atoms with E-state index in [1.54, 1.807) is 0 Å². The van der Waals surface area contributed by atoms with Gasteiger partial charge in [0.05, 0.1) is 0 Å². The molecule has 0 aliphatic heterocycles. The van der Waals surface area contributed by atoms with Crippen LogP contribution in [0.25, 0.3) is 98.7 Å². The highest BCUT2D eigenvalue weighted by molar-refractivity contribution is 6.23. The Morgan fingerprint density at radius 3 is 1.49 bits per heavy atom. The second-order valence-electron chi connectivity index (χ2n) is 15.6. The van der Waals surface area contributed by atoms with Crippen molar-refractivity contribution in [2.75, 3.05) is 0 Å². The number of fused-ring (bicyclic) bond motifs is 7. The molecule has 0 spiro atoms. The van der Waals surface area contributed by atoms with Crippen LogP contribution in [0.15, 0.2) is 194 Å². The molecule has 0 saturated heterocycles. The van der Waals surface area contributed by atoms with Gasteiger partial charge in [-0.3, -0.25) is 0 Å². The van der Waals surface area contributed by atoms with Crippen molar-refractivity contribution in [2.24, 2.45) is 0 Å². The fourth-order valence-corrected chi connectivity index (χ4v) is 9.60. The second kappa shape index (κ2) is 12.1. The van der Waals surface area contributed by atoms with Crippen LogP contribution in [0, 0.1) is 0 Å². The van der Waals surface area contributed by atoms with Gasteiger partial charge >= 0.3 is 0 Å². The molecule has 0 fully saturated rings. The summed E-state index contributed by atoms with van der Waals surface area (Å²) in [6.07, 6.45) is 0. The summed E-state index contributed by atoms with van der Waals surface area (Å²) < 4.78 is 0. The molecule has 258 valence electrons. The van der Waals surface area contributed by atoms with Gasteiger partial charge in [-0.15, -0.1) is 0 Å². The molecule has 0 aromatic heterocycles. The van der Waals surface area contributed by atoms with Crippen LogP contribution >= 0.6 is 0 Å². The van der Waals surface area contributed by atoms with E-state index in [-0.39, 0.29) is 5.41 Å². The second-order valence-corrected chi connectivity index (χ2v) is 15.6. The van der Waals surface area contributed by atoms with Gasteiger partial charge in [-0.2, -0.15) is 0 Å². The zero-order chi connectivity index (χ0) is 36.7. The van der Waals surface area contributed by atoms with Crippen LogP contribution in [0.3, 0.4) is 0 Å². The summed E-state index contributed by atoms with van der Waals surface area (Å²) in [5.74, 6) is 0. The lowest BCUT2D eigenvalue weighted by molar-refractivity contribution is 0.661. The van der Waals surface area contributed by atoms with E-state index in [2.05, 4.69) is 208 Å². The Morgan fingerprint density at radius 2 is 0.764 bits per heavy atom. The lowest BCUT2D eigenvalue weighted by Crippen LogP contribution is -2.14. The van der Waals surface area contributed by atoms with Crippen LogP contribution in [0.5, 0.6) is 0 Å². The molecule has 0 atom stereocenters. The minimum atomic E-state index is -0.0547. The minimum Gasteiger partial charge on any atom is -0.0616 e. The van der Waals surface area contributed by atoms with Crippen molar-refractivity contribution in [3.05, 3.63) is 205 Å². The highest BCUT2D eigenvalue weighted by Gasteiger charge is 2.35. The summed E-state index contributed by atoms with van der Waals surface area (Å²) in [7, 11) is 0. The third-order valence-electron chi connectivity index (χ3n) is 12.2. The van der Waals surface area contributed by atoms with Gasteiger partial charge in [0.25, 0.3) is 0 Å². The van der Waals surface area contributed by atoms with Crippen LogP contribution in [-0.4, -0.2) is 0 Å². The molecule has 0 heteroatoms. The Morgan fingerprint density at radius 1 is 0.273 bits per heavy atom. The highest BCUT2D eigenvalue weighted by atomic mass is 14.4. The van der Waals surface area contributed by atoms with Crippen LogP contribution in [0.4, 0.5) is 0 Å². The number of benzene rings is 10. The van der Waals surface area contributed by atoms with E-state index in [4.69, 9.17) is 0 Å². The standard InChI is InChI=1S/C55H38/c1-55(2)51-30-29-39(33-49(51)50-32-37-16-3-4-17-38(37)34-52(50)55)36-19-13-20-40(31-36)53-45-24-9-11-26-47(45)54(48-27-12-10-25-46(48)53)44-23-8-7-22-43(44)42-28-14-18-35-15-5-6-21-41(35)42/h3-34H,1-2H3. The molecule has 0 N–H and O–H groups in total. The van der Waals surface area contributed by atoms with Crippen LogP contribution < -0.4 is 0 Å². The smallest absolute Gasteiger partial charge is 0.0159 e. The van der Waals surface area contributed by atoms with E-state index in [0.29, 0.717) is 0 Å². The summed E-state index contributed by atoms with van der Waals surface area (Å²) >= 11 is 0. The molecule has 0 heterocycles. The van der Waals surface area contributed by atoms with Gasteiger partial charge in [-0.25, -0.2) is 0 Å². The molecular formula is C55H38. The Balaban J connectivity index is 1.10. The van der Waals surface area contributed by atoms with Crippen LogP contribution in [0.1, 0.15) is 25.0 Å². The molecule has 1 aliphatic rings. The Hall–Kier alpha value is -6.76. The van der Waals surface area contributed by atoms with E-state index >= 15 is 0 Å². The molecule has 1 aliphatic carbocycles. The molecule has 10 aromatic rings. The van der Waals surface area contributed by atoms with Crippen LogP contribution in [-0.2, 0) is 5.41 Å². The van der Waals surface area contributed by atoms with Gasteiger partial charge in [0.1, 0.15) is 0 Å². The Kier molecular flexibility index (Phi) is 7.00. The maximum atomic E-state index is 2.43. The zero-order valence-corrected chi connectivity index (χ0v) is 31.0. The lowest BCUT2D eigenvalue weighted by Gasteiger charge is -2.22. The van der Waals surface area contributed by atoms with Gasteiger partial charge in [0.15, 0.2) is 0 Å². The summed E-state index contributed by atoms with van der Waals surface area (Å²) in [5, 5.41) is 10.2. The SMILES string of the molecule is CC1(C)c2ccc(-c3cccc(-c4c5ccccc5c(-c5ccccc5-c5cccc6ccccc56)c5ccccc45)c3)cc2-c2cc3ccccc3cc21. The molecule has 11 rings (SSSR count). The maximum absolute atomic E-state index is 2.43. The fourth-order valence-electron chi connectivity index (χ4n) is 9.60. The van der Waals surface area contributed by atoms with E-state index in [9.17, 15) is 0 Å². The predicted octanol–water partition coefficient (Wildman–Crippen LogP) is 15.3. The summed E-state index contributed by atoms with van der Waals surface area (Å²) in [6.45, 7) is 4.74. The molecule has 0 radical (unpaired) electrons. The topological polar surface area (TPSA) is 0 Å². The predicted molar refractivity (Wildman–Crippen MR) is 236 cm³/mol. The van der Waals surface area contributed by atoms with Gasteiger partial charge in [-0.1, -0.05) is 184 Å². The number of hydrogen-bond donors (Lipinski definition) is 0. The van der Waals surface area contributed by atoms with E-state index in [1.807, 2.05) is 0 Å². The van der Waals surface area contributed by atoms with E-state index < -0.39 is 0 Å². The molecule has 10 aromatic carbocycles. The average Bonchev–Trinajstić information content (AvgIpc) is 3.46. The lowest BCUT2D eigenvalue weighted by atomic mass is 9.81. The van der Waals surface area contributed by atoms with Crippen molar-refractivity contribution in [2.45, 2.75) is 19.3 Å². The zero-order valence-electron chi connectivity index (χ0n) is 31.0. The summed E-state index contributed by atoms with van der Waals surface area (Å²) in [4.78, 5) is 0. The van der Waals surface area contributed by atoms with Crippen molar-refractivity contribution in [3.8, 4) is 55.6 Å². The van der Waals surface area contributed by atoms with Gasteiger partial charge in [0, 0.05) is 5.41 Å². The summed E-state index contributed by atoms with van der Waals surface area (Å²) in [6, 6.07) is 72.2. The largest absolute Gasteiger partial charge is 0.0616 e. The maximum Gasteiger partial charge on any atom is 0.0159 e. The first-order chi connectivity index (χ1) is 27.0. The van der Waals surface area contributed by atoms with Gasteiger partial charge in [0.2, 0.25) is 0 Å². The molecule has 0 nitrogen and oxygen atoms in total. The van der Waals surface area contributed by atoms with Crippen molar-refractivity contribution in [1.82, 2.24) is 0 Å². The quantitative estimate of drug-likeness (QED) is 0.161. The number of hydrogen-bond acceptors (Lipinski definition) is 0. The monoisotopic (exact) mass is 698 g/mol. The van der Waals surface area contributed by atoms with Crippen LogP contribution in [0.2, 0.25) is 0 Å². The van der Waals surface area contributed by atoms with Crippen molar-refractivity contribution >= 4 is 43.1 Å². The molecule has 0 unspecified atom stereocenters. The van der Waals surface area contributed by atoms with Crippen molar-refractivity contribution in [1.29, 1.82) is 0 Å². The molecule has 0 bridgehead atoms. The first kappa shape index (κ1) is 31.7. The Bertz CT molecular complexity index is 3110. The van der Waals surface area contributed by atoms with Gasteiger partial charge < -0.3 is 0 Å². The minimum absolute atomic E-state index is 0.0547. The normalized spacial score (nSPS) is 13.1. The first-order valence-electron chi connectivity index (χ1n) is 19.3. The van der Waals surface area contributed by atoms with Crippen molar-refractivity contribution in [3.63, 3.8) is 0 Å². The van der Waals surface area contributed by atoms with E-state index in [0.717, 1.165) is 0 Å². The molecule has 55 heavy (non-hydrogen) atoms. The third kappa shape index (κ3) is 4.85. The molecule has 0 saturated carbocycles. The third-order valence-corrected chi connectivity index (χ3v) is 12.2. The molecule has 0 amide bonds. The fraction of sp³-hybridized carbons (Fsp3) is 0.0545. The average molecular weight is 699 g/mol. The highest BCUT2D eigenvalue weighted by Crippen LogP contribution is 2.51. The van der Waals surface area contributed by atoms with E-state index in [1.165, 1.54) is 110 Å². The first-order valence-corrected chi connectivity index (χ1v) is 19.3. The Labute approximate surface area is 322 Å². The van der Waals surface area contributed by atoms with Gasteiger partial charge in [-0.05, 0) is 134 Å².